The van der Waals surface area contributed by atoms with Gasteiger partial charge in [0.1, 0.15) is 17.2 Å². The van der Waals surface area contributed by atoms with Crippen molar-refractivity contribution in [1.82, 2.24) is 0 Å². The molecule has 3 rings (SSSR count). The highest BCUT2D eigenvalue weighted by molar-refractivity contribution is 6.31. The van der Waals surface area contributed by atoms with Crippen LogP contribution in [0.25, 0.3) is 0 Å². The third-order valence-electron chi connectivity index (χ3n) is 3.86. The van der Waals surface area contributed by atoms with Gasteiger partial charge in [0.25, 0.3) is 5.91 Å². The van der Waals surface area contributed by atoms with Crippen LogP contribution in [0.5, 0.6) is 23.0 Å². The minimum atomic E-state index is -0.379. The van der Waals surface area contributed by atoms with Crippen molar-refractivity contribution in [1.29, 1.82) is 5.26 Å². The minimum Gasteiger partial charge on any atom is -0.497 e. The van der Waals surface area contributed by atoms with Crippen LogP contribution in [0.3, 0.4) is 0 Å². The van der Waals surface area contributed by atoms with Gasteiger partial charge in [0.2, 0.25) is 0 Å². The Labute approximate surface area is 173 Å². The van der Waals surface area contributed by atoms with Crippen molar-refractivity contribution in [2.45, 2.75) is 0 Å². The van der Waals surface area contributed by atoms with Gasteiger partial charge in [-0.15, -0.1) is 0 Å². The van der Waals surface area contributed by atoms with Crippen LogP contribution in [0, 0.1) is 11.3 Å². The van der Waals surface area contributed by atoms with E-state index in [1.54, 1.807) is 73.8 Å². The quantitative estimate of drug-likeness (QED) is 0.593. The van der Waals surface area contributed by atoms with Gasteiger partial charge in [-0.25, -0.2) is 0 Å². The van der Waals surface area contributed by atoms with Gasteiger partial charge in [-0.05, 0) is 66.7 Å². The molecule has 0 radical (unpaired) electrons. The van der Waals surface area contributed by atoms with E-state index in [9.17, 15) is 4.79 Å². The largest absolute Gasteiger partial charge is 0.497 e. The number of rotatable bonds is 7. The maximum absolute atomic E-state index is 12.3. The summed E-state index contributed by atoms with van der Waals surface area (Å²) >= 11 is 6.06. The number of ether oxygens (including phenoxy) is 3. The van der Waals surface area contributed by atoms with Crippen LogP contribution in [-0.4, -0.2) is 19.6 Å². The van der Waals surface area contributed by atoms with E-state index >= 15 is 0 Å². The Hall–Kier alpha value is -3.69. The molecule has 0 aliphatic heterocycles. The lowest BCUT2D eigenvalue weighted by Gasteiger charge is -2.13. The Morgan fingerprint density at radius 1 is 1.00 bits per heavy atom. The fourth-order valence-corrected chi connectivity index (χ4v) is 2.59. The van der Waals surface area contributed by atoms with Crippen LogP contribution in [0.1, 0.15) is 5.56 Å². The van der Waals surface area contributed by atoms with Crippen molar-refractivity contribution < 1.29 is 19.0 Å². The van der Waals surface area contributed by atoms with E-state index in [0.29, 0.717) is 39.3 Å². The minimum absolute atomic E-state index is 0.208. The predicted molar refractivity (Wildman–Crippen MR) is 110 cm³/mol. The summed E-state index contributed by atoms with van der Waals surface area (Å²) < 4.78 is 16.4. The first-order chi connectivity index (χ1) is 14.1. The van der Waals surface area contributed by atoms with Gasteiger partial charge in [-0.2, -0.15) is 5.26 Å². The number of hydrogen-bond acceptors (Lipinski definition) is 5. The smallest absolute Gasteiger partial charge is 0.262 e. The summed E-state index contributed by atoms with van der Waals surface area (Å²) in [5.74, 6) is 1.84. The lowest BCUT2D eigenvalue weighted by atomic mass is 10.2. The number of carbonyl (C=O) groups is 1. The summed E-state index contributed by atoms with van der Waals surface area (Å²) in [6, 6.07) is 20.5. The van der Waals surface area contributed by atoms with Gasteiger partial charge >= 0.3 is 0 Å². The van der Waals surface area contributed by atoms with Crippen molar-refractivity contribution in [3.8, 4) is 29.1 Å². The molecule has 0 bridgehead atoms. The van der Waals surface area contributed by atoms with E-state index in [2.05, 4.69) is 5.32 Å². The molecule has 6 nitrogen and oxygen atoms in total. The van der Waals surface area contributed by atoms with Crippen LogP contribution in [0.4, 0.5) is 5.69 Å². The number of nitrogens with one attached hydrogen (secondary N) is 1. The second-order valence-electron chi connectivity index (χ2n) is 5.89. The first-order valence-corrected chi connectivity index (χ1v) is 8.99. The summed E-state index contributed by atoms with van der Waals surface area (Å²) in [6.07, 6.45) is 0. The van der Waals surface area contributed by atoms with E-state index in [1.807, 2.05) is 6.07 Å². The molecule has 1 N–H and O–H groups in total. The van der Waals surface area contributed by atoms with Gasteiger partial charge in [0.05, 0.1) is 24.4 Å². The molecule has 1 amide bonds. The highest BCUT2D eigenvalue weighted by Gasteiger charge is 2.11. The molecule has 7 heteroatoms. The summed E-state index contributed by atoms with van der Waals surface area (Å²) in [6.45, 7) is -0.208. The van der Waals surface area contributed by atoms with Crippen molar-refractivity contribution >= 4 is 23.2 Å². The molecule has 146 valence electrons. The molecule has 0 unspecified atom stereocenters. The number of amides is 1. The first-order valence-electron chi connectivity index (χ1n) is 8.61. The van der Waals surface area contributed by atoms with E-state index in [1.165, 1.54) is 0 Å². The molecule has 3 aromatic rings. The number of benzene rings is 3. The summed E-state index contributed by atoms with van der Waals surface area (Å²) in [7, 11) is 1.59. The molecule has 0 aromatic heterocycles. The molecule has 29 heavy (non-hydrogen) atoms. The van der Waals surface area contributed by atoms with Gasteiger partial charge in [-0.1, -0.05) is 11.6 Å². The molecule has 0 heterocycles. The average Bonchev–Trinajstić information content (AvgIpc) is 2.75. The molecule has 0 aliphatic rings. The second kappa shape index (κ2) is 9.49. The number of halogens is 1. The van der Waals surface area contributed by atoms with Crippen LogP contribution in [-0.2, 0) is 4.79 Å². The average molecular weight is 409 g/mol. The maximum atomic E-state index is 12.3. The Balaban J connectivity index is 1.66. The maximum Gasteiger partial charge on any atom is 0.262 e. The third kappa shape index (κ3) is 5.64. The van der Waals surface area contributed by atoms with E-state index in [-0.39, 0.29) is 12.5 Å². The normalized spacial score (nSPS) is 9.97. The zero-order valence-corrected chi connectivity index (χ0v) is 16.3. The van der Waals surface area contributed by atoms with Gasteiger partial charge in [0.15, 0.2) is 12.4 Å². The molecule has 0 saturated heterocycles. The topological polar surface area (TPSA) is 80.6 Å². The second-order valence-corrected chi connectivity index (χ2v) is 6.33. The van der Waals surface area contributed by atoms with Crippen LogP contribution >= 0.6 is 11.6 Å². The number of carbonyl (C=O) groups excluding carboxylic acids is 1. The van der Waals surface area contributed by atoms with Crippen LogP contribution < -0.4 is 19.5 Å². The molecular formula is C22H17ClN2O4. The predicted octanol–water partition coefficient (Wildman–Crippen LogP) is 5.03. The molecule has 0 saturated carbocycles. The molecule has 0 fully saturated rings. The summed E-state index contributed by atoms with van der Waals surface area (Å²) in [5, 5.41) is 12.0. The van der Waals surface area contributed by atoms with E-state index < -0.39 is 0 Å². The zero-order chi connectivity index (χ0) is 20.6. The molecular weight excluding hydrogens is 392 g/mol. The molecule has 3 aromatic carbocycles. The van der Waals surface area contributed by atoms with Crippen LogP contribution in [0.2, 0.25) is 5.02 Å². The van der Waals surface area contributed by atoms with Crippen molar-refractivity contribution in [3.05, 3.63) is 77.3 Å². The molecule has 0 atom stereocenters. The van der Waals surface area contributed by atoms with Gasteiger partial charge < -0.3 is 19.5 Å². The van der Waals surface area contributed by atoms with E-state index in [4.69, 9.17) is 31.1 Å². The van der Waals surface area contributed by atoms with Crippen molar-refractivity contribution in [2.24, 2.45) is 0 Å². The third-order valence-corrected chi connectivity index (χ3v) is 4.09. The number of methoxy groups -OCH3 is 1. The number of nitrogens with zero attached hydrogens (tertiary/aromatic N) is 1. The molecule has 0 aliphatic carbocycles. The number of anilines is 1. The Bertz CT molecular complexity index is 1030. The SMILES string of the molecule is COc1ccc(Oc2ccc(Cl)cc2NC(=O)COc2ccc(C#N)cc2)cc1. The fraction of sp³-hybridized carbons (Fsp3) is 0.0909. The zero-order valence-electron chi connectivity index (χ0n) is 15.5. The Morgan fingerprint density at radius 3 is 2.31 bits per heavy atom. The number of hydrogen-bond donors (Lipinski definition) is 1. The van der Waals surface area contributed by atoms with E-state index in [0.717, 1.165) is 0 Å². The Morgan fingerprint density at radius 2 is 1.66 bits per heavy atom. The highest BCUT2D eigenvalue weighted by atomic mass is 35.5. The van der Waals surface area contributed by atoms with Crippen LogP contribution in [0.15, 0.2) is 66.7 Å². The number of nitriles is 1. The van der Waals surface area contributed by atoms with Gasteiger partial charge in [0, 0.05) is 5.02 Å². The van der Waals surface area contributed by atoms with Crippen molar-refractivity contribution in [3.63, 3.8) is 0 Å². The molecule has 0 spiro atoms. The van der Waals surface area contributed by atoms with Crippen molar-refractivity contribution in [2.75, 3.05) is 19.0 Å². The summed E-state index contributed by atoms with van der Waals surface area (Å²) in [4.78, 5) is 12.3. The summed E-state index contributed by atoms with van der Waals surface area (Å²) in [5.41, 5.74) is 0.933. The first kappa shape index (κ1) is 20.1. The fourth-order valence-electron chi connectivity index (χ4n) is 2.42. The lowest BCUT2D eigenvalue weighted by molar-refractivity contribution is -0.118. The monoisotopic (exact) mass is 408 g/mol. The standard InChI is InChI=1S/C22H17ClN2O4/c1-27-17-7-9-19(10-8-17)29-21-11-4-16(23)12-20(21)25-22(26)14-28-18-5-2-15(13-24)3-6-18/h2-12H,14H2,1H3,(H,25,26). The van der Waals surface area contributed by atoms with Gasteiger partial charge in [-0.3, -0.25) is 4.79 Å². The highest BCUT2D eigenvalue weighted by Crippen LogP contribution is 2.32. The lowest BCUT2D eigenvalue weighted by Crippen LogP contribution is -2.20. The Kier molecular flexibility index (Phi) is 6.56.